The fourth-order valence-electron chi connectivity index (χ4n) is 1.29. The number of nitrogens with one attached hydrogen (secondary N) is 1. The molecule has 0 saturated heterocycles. The van der Waals surface area contributed by atoms with Gasteiger partial charge in [0.15, 0.2) is 0 Å². The summed E-state index contributed by atoms with van der Waals surface area (Å²) in [7, 11) is 3.29. The second-order valence-electron chi connectivity index (χ2n) is 3.78. The lowest BCUT2D eigenvalue weighted by Crippen LogP contribution is -2.29. The van der Waals surface area contributed by atoms with E-state index in [1.54, 1.807) is 32.3 Å². The maximum atomic E-state index is 11.4. The van der Waals surface area contributed by atoms with Crippen molar-refractivity contribution in [1.82, 2.24) is 4.90 Å². The van der Waals surface area contributed by atoms with Crippen LogP contribution in [0, 0.1) is 0 Å². The zero-order chi connectivity index (χ0) is 13.0. The van der Waals surface area contributed by atoms with E-state index in [9.17, 15) is 9.59 Å². The van der Waals surface area contributed by atoms with Gasteiger partial charge in [-0.15, -0.1) is 0 Å². The summed E-state index contributed by atoms with van der Waals surface area (Å²) in [5.74, 6) is -0.708. The van der Waals surface area contributed by atoms with E-state index in [1.165, 1.54) is 4.90 Å². The van der Waals surface area contributed by atoms with E-state index in [0.717, 1.165) is 0 Å². The van der Waals surface area contributed by atoms with Crippen molar-refractivity contribution in [1.29, 1.82) is 0 Å². The topological polar surface area (TPSA) is 101 Å². The summed E-state index contributed by atoms with van der Waals surface area (Å²) >= 11 is 0. The van der Waals surface area contributed by atoms with Gasteiger partial charge in [0, 0.05) is 14.1 Å². The van der Waals surface area contributed by atoms with E-state index in [-0.39, 0.29) is 18.0 Å². The quantitative estimate of drug-likeness (QED) is 0.634. The maximum absolute atomic E-state index is 11.4. The number of carbonyl (C=O) groups is 2. The van der Waals surface area contributed by atoms with E-state index in [1.807, 2.05) is 0 Å². The molecule has 0 fully saturated rings. The molecule has 0 spiro atoms. The fourth-order valence-corrected chi connectivity index (χ4v) is 1.29. The Morgan fingerprint density at radius 1 is 1.35 bits per heavy atom. The van der Waals surface area contributed by atoms with E-state index < -0.39 is 5.91 Å². The van der Waals surface area contributed by atoms with E-state index in [4.69, 9.17) is 11.5 Å². The number of rotatable bonds is 4. The van der Waals surface area contributed by atoms with Crippen molar-refractivity contribution in [3.8, 4) is 0 Å². The molecule has 0 aliphatic carbocycles. The van der Waals surface area contributed by atoms with Gasteiger partial charge in [-0.2, -0.15) is 0 Å². The van der Waals surface area contributed by atoms with Crippen molar-refractivity contribution in [3.05, 3.63) is 23.8 Å². The molecule has 0 aliphatic rings. The van der Waals surface area contributed by atoms with Crippen molar-refractivity contribution < 1.29 is 9.59 Å². The first-order valence-corrected chi connectivity index (χ1v) is 5.05. The number of primary amides is 1. The largest absolute Gasteiger partial charge is 0.397 e. The third-order valence-electron chi connectivity index (χ3n) is 2.28. The number of benzene rings is 1. The summed E-state index contributed by atoms with van der Waals surface area (Å²) in [5.41, 5.74) is 12.0. The molecule has 0 heterocycles. The first-order chi connectivity index (χ1) is 7.93. The minimum atomic E-state index is -0.586. The summed E-state index contributed by atoms with van der Waals surface area (Å²) in [4.78, 5) is 24.0. The lowest BCUT2D eigenvalue weighted by Gasteiger charge is -2.15. The summed E-state index contributed by atoms with van der Waals surface area (Å²) in [6.07, 6.45) is 0. The predicted octanol–water partition coefficient (Wildman–Crippen LogP) is -0.132. The van der Waals surface area contributed by atoms with Crippen molar-refractivity contribution in [2.45, 2.75) is 0 Å². The average molecular weight is 236 g/mol. The maximum Gasteiger partial charge on any atom is 0.250 e. The molecule has 1 rings (SSSR count). The zero-order valence-corrected chi connectivity index (χ0v) is 9.86. The third kappa shape index (κ3) is 3.10. The summed E-state index contributed by atoms with van der Waals surface area (Å²) in [6.45, 7) is 0.0570. The van der Waals surface area contributed by atoms with E-state index in [2.05, 4.69) is 5.32 Å². The highest BCUT2D eigenvalue weighted by Crippen LogP contribution is 2.22. The van der Waals surface area contributed by atoms with E-state index >= 15 is 0 Å². The minimum absolute atomic E-state index is 0.0570. The van der Waals surface area contributed by atoms with Crippen LogP contribution >= 0.6 is 0 Å². The Hall–Kier alpha value is -2.24. The molecule has 1 aromatic carbocycles. The molecule has 2 amide bonds. The molecule has 17 heavy (non-hydrogen) atoms. The second-order valence-corrected chi connectivity index (χ2v) is 3.78. The highest BCUT2D eigenvalue weighted by molar-refractivity contribution is 6.01. The summed E-state index contributed by atoms with van der Waals surface area (Å²) < 4.78 is 0. The van der Waals surface area contributed by atoms with Gasteiger partial charge in [0.25, 0.3) is 5.91 Å². The molecule has 0 radical (unpaired) electrons. The smallest absolute Gasteiger partial charge is 0.250 e. The standard InChI is InChI=1S/C11H16N4O2/c1-15(2)9(16)6-14-10-7(11(13)17)4-3-5-8(10)12/h3-5,14H,6,12H2,1-2H3,(H2,13,17). The Kier molecular flexibility index (Phi) is 3.92. The lowest BCUT2D eigenvalue weighted by atomic mass is 10.1. The molecule has 6 nitrogen and oxygen atoms in total. The van der Waals surface area contributed by atoms with Crippen LogP contribution in [0.15, 0.2) is 18.2 Å². The Bertz CT molecular complexity index is 443. The van der Waals surface area contributed by atoms with Gasteiger partial charge in [-0.05, 0) is 12.1 Å². The number of carbonyl (C=O) groups excluding carboxylic acids is 2. The average Bonchev–Trinajstić information content (AvgIpc) is 2.26. The Morgan fingerprint density at radius 2 is 2.00 bits per heavy atom. The van der Waals surface area contributed by atoms with Crippen molar-refractivity contribution in [2.24, 2.45) is 5.73 Å². The van der Waals surface area contributed by atoms with Gasteiger partial charge >= 0.3 is 0 Å². The number of nitrogen functional groups attached to an aromatic ring is 1. The Balaban J connectivity index is 2.90. The van der Waals surface area contributed by atoms with Crippen molar-refractivity contribution in [2.75, 3.05) is 31.7 Å². The molecule has 92 valence electrons. The van der Waals surface area contributed by atoms with Crippen LogP contribution in [-0.4, -0.2) is 37.4 Å². The molecule has 0 atom stereocenters. The molecule has 5 N–H and O–H groups in total. The van der Waals surface area contributed by atoms with Gasteiger partial charge in [0.1, 0.15) is 0 Å². The van der Waals surface area contributed by atoms with E-state index in [0.29, 0.717) is 11.4 Å². The highest BCUT2D eigenvalue weighted by atomic mass is 16.2. The normalized spacial score (nSPS) is 9.76. The van der Waals surface area contributed by atoms with Crippen LogP contribution in [-0.2, 0) is 4.79 Å². The van der Waals surface area contributed by atoms with Gasteiger partial charge < -0.3 is 21.7 Å². The molecule has 1 aromatic rings. The van der Waals surface area contributed by atoms with Gasteiger partial charge in [-0.1, -0.05) is 6.07 Å². The van der Waals surface area contributed by atoms with Crippen molar-refractivity contribution >= 4 is 23.2 Å². The molecule has 0 saturated carbocycles. The second kappa shape index (κ2) is 5.20. The molecule has 6 heteroatoms. The van der Waals surface area contributed by atoms with Crippen LogP contribution in [0.2, 0.25) is 0 Å². The summed E-state index contributed by atoms with van der Waals surface area (Å²) in [5, 5.41) is 2.83. The van der Waals surface area contributed by atoms with Crippen LogP contribution in [0.3, 0.4) is 0 Å². The van der Waals surface area contributed by atoms with Crippen LogP contribution in [0.25, 0.3) is 0 Å². The minimum Gasteiger partial charge on any atom is -0.397 e. The number of anilines is 2. The highest BCUT2D eigenvalue weighted by Gasteiger charge is 2.12. The molecule has 0 unspecified atom stereocenters. The first kappa shape index (κ1) is 12.8. The monoisotopic (exact) mass is 236 g/mol. The van der Waals surface area contributed by atoms with Crippen molar-refractivity contribution in [3.63, 3.8) is 0 Å². The molecular weight excluding hydrogens is 220 g/mol. The Morgan fingerprint density at radius 3 is 2.53 bits per heavy atom. The van der Waals surface area contributed by atoms with Crippen LogP contribution in [0.1, 0.15) is 10.4 Å². The number of para-hydroxylation sites is 1. The zero-order valence-electron chi connectivity index (χ0n) is 9.86. The SMILES string of the molecule is CN(C)C(=O)CNc1c(N)cccc1C(N)=O. The number of likely N-dealkylation sites (N-methyl/N-ethyl adjacent to an activating group) is 1. The van der Waals surface area contributed by atoms with Gasteiger partial charge in [0.2, 0.25) is 5.91 Å². The molecule has 0 aromatic heterocycles. The summed E-state index contributed by atoms with van der Waals surface area (Å²) in [6, 6.07) is 4.82. The lowest BCUT2D eigenvalue weighted by molar-refractivity contribution is -0.126. The third-order valence-corrected chi connectivity index (χ3v) is 2.28. The number of hydrogen-bond donors (Lipinski definition) is 3. The van der Waals surface area contributed by atoms with Crippen LogP contribution in [0.5, 0.6) is 0 Å². The van der Waals surface area contributed by atoms with Gasteiger partial charge in [-0.3, -0.25) is 9.59 Å². The molecule has 0 bridgehead atoms. The van der Waals surface area contributed by atoms with Gasteiger partial charge in [0.05, 0.1) is 23.5 Å². The number of hydrogen-bond acceptors (Lipinski definition) is 4. The van der Waals surface area contributed by atoms with Crippen LogP contribution < -0.4 is 16.8 Å². The number of amides is 2. The Labute approximate surface area is 99.6 Å². The predicted molar refractivity (Wildman–Crippen MR) is 66.6 cm³/mol. The van der Waals surface area contributed by atoms with Gasteiger partial charge in [-0.25, -0.2) is 0 Å². The number of nitrogens with zero attached hydrogens (tertiary/aromatic N) is 1. The first-order valence-electron chi connectivity index (χ1n) is 5.05. The molecule has 0 aliphatic heterocycles. The van der Waals surface area contributed by atoms with Crippen LogP contribution in [0.4, 0.5) is 11.4 Å². The number of nitrogens with two attached hydrogens (primary N) is 2. The fraction of sp³-hybridized carbons (Fsp3) is 0.273. The molecular formula is C11H16N4O2.